The molecule has 0 aliphatic heterocycles. The quantitative estimate of drug-likeness (QED) is 0.828. The minimum absolute atomic E-state index is 0.314. The van der Waals surface area contributed by atoms with Gasteiger partial charge in [-0.15, -0.1) is 0 Å². The summed E-state index contributed by atoms with van der Waals surface area (Å²) in [4.78, 5) is 13.7. The van der Waals surface area contributed by atoms with E-state index in [0.29, 0.717) is 5.75 Å². The fourth-order valence-electron chi connectivity index (χ4n) is 1.64. The number of hydrogen-bond donors (Lipinski definition) is 2. The molecule has 0 spiro atoms. The normalized spacial score (nSPS) is 10.6. The number of hydrogen-bond acceptors (Lipinski definition) is 2. The first-order valence-electron chi connectivity index (χ1n) is 5.16. The molecule has 84 valence electrons. The molecule has 0 unspecified atom stereocenters. The predicted molar refractivity (Wildman–Crippen MR) is 60.8 cm³/mol. The number of rotatable bonds is 4. The van der Waals surface area contributed by atoms with Gasteiger partial charge in [-0.25, -0.2) is 4.79 Å². The molecule has 0 fully saturated rings. The maximum Gasteiger partial charge on any atom is 0.341 e. The molecule has 1 heterocycles. The summed E-state index contributed by atoms with van der Waals surface area (Å²) in [5.74, 6) is -0.362. The number of fused-ring (bicyclic) bond motifs is 1. The van der Waals surface area contributed by atoms with Crippen LogP contribution in [0.4, 0.5) is 0 Å². The second kappa shape index (κ2) is 4.26. The molecule has 16 heavy (non-hydrogen) atoms. The van der Waals surface area contributed by atoms with Crippen LogP contribution in [0.5, 0.6) is 5.75 Å². The van der Waals surface area contributed by atoms with Gasteiger partial charge in [0.05, 0.1) is 0 Å². The van der Waals surface area contributed by atoms with Crippen LogP contribution in [0.1, 0.15) is 12.6 Å². The number of carbonyl (C=O) groups is 1. The second-order valence-electron chi connectivity index (χ2n) is 3.55. The maximum atomic E-state index is 10.4. The minimum Gasteiger partial charge on any atom is -0.481 e. The zero-order valence-electron chi connectivity index (χ0n) is 8.99. The maximum absolute atomic E-state index is 10.4. The van der Waals surface area contributed by atoms with E-state index in [1.54, 1.807) is 6.07 Å². The summed E-state index contributed by atoms with van der Waals surface area (Å²) in [7, 11) is 0. The lowest BCUT2D eigenvalue weighted by molar-refractivity contribution is -0.139. The molecule has 0 radical (unpaired) electrons. The summed E-state index contributed by atoms with van der Waals surface area (Å²) in [6, 6.07) is 7.56. The van der Waals surface area contributed by atoms with E-state index in [2.05, 4.69) is 11.9 Å². The van der Waals surface area contributed by atoms with Crippen molar-refractivity contribution < 1.29 is 14.6 Å². The van der Waals surface area contributed by atoms with E-state index in [4.69, 9.17) is 9.84 Å². The van der Waals surface area contributed by atoms with Crippen molar-refractivity contribution in [3.8, 4) is 5.75 Å². The molecule has 4 nitrogen and oxygen atoms in total. The van der Waals surface area contributed by atoms with Crippen LogP contribution in [0.15, 0.2) is 24.3 Å². The number of aromatic amines is 1. The fourth-order valence-corrected chi connectivity index (χ4v) is 1.64. The molecule has 4 heteroatoms. The van der Waals surface area contributed by atoms with Crippen molar-refractivity contribution >= 4 is 16.9 Å². The Bertz CT molecular complexity index is 516. The average molecular weight is 219 g/mol. The number of carboxylic acid groups (broad SMARTS) is 1. The van der Waals surface area contributed by atoms with Gasteiger partial charge in [0.1, 0.15) is 5.75 Å². The Labute approximate surface area is 92.9 Å². The minimum atomic E-state index is -0.969. The van der Waals surface area contributed by atoms with Gasteiger partial charge in [-0.1, -0.05) is 13.0 Å². The summed E-state index contributed by atoms with van der Waals surface area (Å²) in [6.45, 7) is 1.74. The van der Waals surface area contributed by atoms with Gasteiger partial charge in [-0.2, -0.15) is 0 Å². The number of H-pyrrole nitrogens is 1. The molecule has 1 aromatic carbocycles. The smallest absolute Gasteiger partial charge is 0.341 e. The Morgan fingerprint density at radius 2 is 2.31 bits per heavy atom. The number of aliphatic carboxylic acids is 1. The van der Waals surface area contributed by atoms with Gasteiger partial charge in [0.25, 0.3) is 0 Å². The fraction of sp³-hybridized carbons (Fsp3) is 0.250. The summed E-state index contributed by atoms with van der Waals surface area (Å²) in [5.41, 5.74) is 2.08. The van der Waals surface area contributed by atoms with Crippen LogP contribution in [0.25, 0.3) is 10.9 Å². The standard InChI is InChI=1S/C12H13NO3/c1-2-8-6-9-10(13-8)4-3-5-11(9)16-7-12(14)15/h3-6,13H,2,7H2,1H3,(H,14,15). The van der Waals surface area contributed by atoms with E-state index in [1.165, 1.54) is 0 Å². The number of ether oxygens (including phenoxy) is 1. The van der Waals surface area contributed by atoms with Crippen molar-refractivity contribution in [2.24, 2.45) is 0 Å². The monoisotopic (exact) mass is 219 g/mol. The highest BCUT2D eigenvalue weighted by molar-refractivity contribution is 5.87. The predicted octanol–water partition coefficient (Wildman–Crippen LogP) is 2.19. The molecule has 2 N–H and O–H groups in total. The van der Waals surface area contributed by atoms with Crippen LogP contribution >= 0.6 is 0 Å². The van der Waals surface area contributed by atoms with Crippen LogP contribution in [0.3, 0.4) is 0 Å². The van der Waals surface area contributed by atoms with E-state index in [0.717, 1.165) is 23.0 Å². The van der Waals surface area contributed by atoms with E-state index < -0.39 is 5.97 Å². The number of nitrogens with one attached hydrogen (secondary N) is 1. The molecule has 2 aromatic rings. The molecule has 2 rings (SSSR count). The van der Waals surface area contributed by atoms with E-state index in [1.807, 2.05) is 18.2 Å². The third-order valence-electron chi connectivity index (χ3n) is 2.41. The van der Waals surface area contributed by atoms with Crippen molar-refractivity contribution in [1.29, 1.82) is 0 Å². The largest absolute Gasteiger partial charge is 0.481 e. The van der Waals surface area contributed by atoms with E-state index in [-0.39, 0.29) is 6.61 Å². The molecular weight excluding hydrogens is 206 g/mol. The second-order valence-corrected chi connectivity index (χ2v) is 3.55. The molecule has 0 bridgehead atoms. The lowest BCUT2D eigenvalue weighted by Gasteiger charge is -2.03. The van der Waals surface area contributed by atoms with Crippen molar-refractivity contribution in [3.63, 3.8) is 0 Å². The van der Waals surface area contributed by atoms with Crippen LogP contribution < -0.4 is 4.74 Å². The molecule has 1 aromatic heterocycles. The van der Waals surface area contributed by atoms with Gasteiger partial charge in [0.15, 0.2) is 6.61 Å². The highest BCUT2D eigenvalue weighted by Gasteiger charge is 2.06. The Morgan fingerprint density at radius 1 is 1.50 bits per heavy atom. The van der Waals surface area contributed by atoms with Crippen molar-refractivity contribution in [2.75, 3.05) is 6.61 Å². The molecule has 0 saturated carbocycles. The first kappa shape index (κ1) is 10.5. The topological polar surface area (TPSA) is 62.3 Å². The highest BCUT2D eigenvalue weighted by Crippen LogP contribution is 2.26. The molecule has 0 amide bonds. The zero-order chi connectivity index (χ0) is 11.5. The van der Waals surface area contributed by atoms with Gasteiger partial charge < -0.3 is 14.8 Å². The molecule has 0 saturated heterocycles. The third kappa shape index (κ3) is 2.00. The summed E-state index contributed by atoms with van der Waals surface area (Å²) in [6.07, 6.45) is 0.910. The van der Waals surface area contributed by atoms with Gasteiger partial charge in [0, 0.05) is 16.6 Å². The first-order valence-corrected chi connectivity index (χ1v) is 5.16. The number of aromatic nitrogens is 1. The average Bonchev–Trinajstić information content (AvgIpc) is 2.69. The van der Waals surface area contributed by atoms with Crippen LogP contribution in [-0.2, 0) is 11.2 Å². The Balaban J connectivity index is 2.36. The first-order chi connectivity index (χ1) is 7.70. The van der Waals surface area contributed by atoms with Crippen LogP contribution in [0.2, 0.25) is 0 Å². The molecule has 0 aliphatic carbocycles. The summed E-state index contributed by atoms with van der Waals surface area (Å²) in [5, 5.41) is 9.50. The zero-order valence-corrected chi connectivity index (χ0v) is 8.99. The van der Waals surface area contributed by atoms with Crippen molar-refractivity contribution in [1.82, 2.24) is 4.98 Å². The molecule has 0 atom stereocenters. The lowest BCUT2D eigenvalue weighted by Crippen LogP contribution is -2.09. The SMILES string of the molecule is CCc1cc2c(OCC(=O)O)cccc2[nH]1. The van der Waals surface area contributed by atoms with Gasteiger partial charge in [-0.05, 0) is 24.6 Å². The Hall–Kier alpha value is -1.97. The Kier molecular flexibility index (Phi) is 2.81. The Morgan fingerprint density at radius 3 is 3.00 bits per heavy atom. The van der Waals surface area contributed by atoms with Gasteiger partial charge >= 0.3 is 5.97 Å². The van der Waals surface area contributed by atoms with Crippen molar-refractivity contribution in [3.05, 3.63) is 30.0 Å². The van der Waals surface area contributed by atoms with Gasteiger partial charge in [-0.3, -0.25) is 0 Å². The molecular formula is C12H13NO3. The van der Waals surface area contributed by atoms with Crippen LogP contribution in [-0.4, -0.2) is 22.7 Å². The van der Waals surface area contributed by atoms with E-state index in [9.17, 15) is 4.79 Å². The third-order valence-corrected chi connectivity index (χ3v) is 2.41. The number of carboxylic acids is 1. The van der Waals surface area contributed by atoms with Gasteiger partial charge in [0.2, 0.25) is 0 Å². The number of benzene rings is 1. The summed E-state index contributed by atoms with van der Waals surface area (Å²) >= 11 is 0. The summed E-state index contributed by atoms with van der Waals surface area (Å²) < 4.78 is 5.22. The van der Waals surface area contributed by atoms with E-state index >= 15 is 0 Å². The lowest BCUT2D eigenvalue weighted by atomic mass is 10.2. The van der Waals surface area contributed by atoms with Crippen molar-refractivity contribution in [2.45, 2.75) is 13.3 Å². The van der Waals surface area contributed by atoms with Crippen LogP contribution in [0, 0.1) is 0 Å². The highest BCUT2D eigenvalue weighted by atomic mass is 16.5. The molecule has 0 aliphatic rings. The number of aryl methyl sites for hydroxylation is 1.